The van der Waals surface area contributed by atoms with Crippen LogP contribution in [0.25, 0.3) is 0 Å². The molecule has 1 amide bonds. The monoisotopic (exact) mass is 358 g/mol. The van der Waals surface area contributed by atoms with E-state index in [0.717, 1.165) is 11.5 Å². The molecule has 5 nitrogen and oxygen atoms in total. The molecular formula is C18H31ClN2O3. The van der Waals surface area contributed by atoms with E-state index in [1.807, 2.05) is 38.2 Å². The second kappa shape index (κ2) is 11.2. The number of nitrogens with zero attached hydrogens (tertiary/aromatic N) is 1. The molecule has 0 fully saturated rings. The van der Waals surface area contributed by atoms with Gasteiger partial charge in [-0.05, 0) is 37.4 Å². The molecule has 0 unspecified atom stereocenters. The summed E-state index contributed by atoms with van der Waals surface area (Å²) in [4.78, 5) is 13.9. The maximum Gasteiger partial charge on any atom is 0.222 e. The summed E-state index contributed by atoms with van der Waals surface area (Å²) in [5.41, 5.74) is 5.65. The van der Waals surface area contributed by atoms with Gasteiger partial charge in [0.05, 0.1) is 13.2 Å². The number of rotatable bonds is 10. The summed E-state index contributed by atoms with van der Waals surface area (Å²) < 4.78 is 11.2. The quantitative estimate of drug-likeness (QED) is 0.653. The number of hydrogen-bond acceptors (Lipinski definition) is 4. The van der Waals surface area contributed by atoms with Gasteiger partial charge < -0.3 is 20.1 Å². The normalized spacial score (nSPS) is 10.7. The van der Waals surface area contributed by atoms with Gasteiger partial charge >= 0.3 is 0 Å². The van der Waals surface area contributed by atoms with Crippen molar-refractivity contribution in [2.75, 3.05) is 33.4 Å². The van der Waals surface area contributed by atoms with E-state index in [1.165, 1.54) is 0 Å². The van der Waals surface area contributed by atoms with Crippen LogP contribution in [0.15, 0.2) is 24.3 Å². The first-order chi connectivity index (χ1) is 10.9. The third-order valence-electron chi connectivity index (χ3n) is 3.59. The summed E-state index contributed by atoms with van der Waals surface area (Å²) in [6.07, 6.45) is 1.14. The number of carbonyl (C=O) groups excluding carboxylic acids is 1. The van der Waals surface area contributed by atoms with Crippen molar-refractivity contribution in [3.8, 4) is 11.5 Å². The van der Waals surface area contributed by atoms with E-state index in [2.05, 4.69) is 13.8 Å². The average Bonchev–Trinajstić information content (AvgIpc) is 2.52. The average molecular weight is 359 g/mol. The zero-order valence-electron chi connectivity index (χ0n) is 15.2. The van der Waals surface area contributed by atoms with Gasteiger partial charge in [-0.25, -0.2) is 0 Å². The fraction of sp³-hybridized carbons (Fsp3) is 0.611. The van der Waals surface area contributed by atoms with Crippen molar-refractivity contribution in [1.82, 2.24) is 4.90 Å². The topological polar surface area (TPSA) is 64.8 Å². The first kappa shape index (κ1) is 22.5. The summed E-state index contributed by atoms with van der Waals surface area (Å²) >= 11 is 0. The molecule has 24 heavy (non-hydrogen) atoms. The molecule has 0 aromatic heterocycles. The largest absolute Gasteiger partial charge is 0.490 e. The van der Waals surface area contributed by atoms with Gasteiger partial charge in [0.2, 0.25) is 5.91 Å². The van der Waals surface area contributed by atoms with E-state index in [0.29, 0.717) is 39.1 Å². The molecule has 0 aliphatic carbocycles. The van der Waals surface area contributed by atoms with Crippen molar-refractivity contribution in [3.63, 3.8) is 0 Å². The molecule has 0 aliphatic rings. The Kier molecular flexibility index (Phi) is 10.5. The number of benzene rings is 1. The molecule has 0 saturated carbocycles. The van der Waals surface area contributed by atoms with Crippen LogP contribution in [0.2, 0.25) is 0 Å². The number of carbonyl (C=O) groups is 1. The lowest BCUT2D eigenvalue weighted by molar-refractivity contribution is -0.131. The molecular weight excluding hydrogens is 328 g/mol. The second-order valence-electron chi connectivity index (χ2n) is 6.45. The third-order valence-corrected chi connectivity index (χ3v) is 3.59. The van der Waals surface area contributed by atoms with Crippen molar-refractivity contribution >= 4 is 18.3 Å². The number of amides is 1. The molecule has 1 aromatic carbocycles. The van der Waals surface area contributed by atoms with Crippen molar-refractivity contribution in [2.45, 2.75) is 33.6 Å². The molecule has 0 saturated heterocycles. The van der Waals surface area contributed by atoms with Crippen molar-refractivity contribution < 1.29 is 14.3 Å². The lowest BCUT2D eigenvalue weighted by Gasteiger charge is -2.29. The zero-order chi connectivity index (χ0) is 17.3. The Bertz CT molecular complexity index is 495. The van der Waals surface area contributed by atoms with Crippen LogP contribution in [0.3, 0.4) is 0 Å². The van der Waals surface area contributed by atoms with Crippen LogP contribution in [0, 0.1) is 5.41 Å². The number of para-hydroxylation sites is 2. The minimum absolute atomic E-state index is 0. The second-order valence-corrected chi connectivity index (χ2v) is 6.45. The van der Waals surface area contributed by atoms with E-state index in [1.54, 1.807) is 4.90 Å². The molecule has 0 atom stereocenters. The van der Waals surface area contributed by atoms with Gasteiger partial charge in [0.25, 0.3) is 0 Å². The van der Waals surface area contributed by atoms with Gasteiger partial charge in [-0.15, -0.1) is 12.4 Å². The lowest BCUT2D eigenvalue weighted by Crippen LogP contribution is -2.39. The fourth-order valence-electron chi connectivity index (χ4n) is 2.24. The zero-order valence-corrected chi connectivity index (χ0v) is 16.0. The third kappa shape index (κ3) is 7.88. The van der Waals surface area contributed by atoms with Crippen LogP contribution in [0.5, 0.6) is 11.5 Å². The first-order valence-corrected chi connectivity index (χ1v) is 8.18. The van der Waals surface area contributed by atoms with Gasteiger partial charge in [-0.2, -0.15) is 0 Å². The molecule has 0 spiro atoms. The first-order valence-electron chi connectivity index (χ1n) is 8.18. The van der Waals surface area contributed by atoms with E-state index < -0.39 is 0 Å². The smallest absolute Gasteiger partial charge is 0.222 e. The Labute approximate surface area is 151 Å². The molecule has 1 rings (SSSR count). The lowest BCUT2D eigenvalue weighted by atomic mass is 9.93. The molecule has 2 N–H and O–H groups in total. The molecule has 138 valence electrons. The van der Waals surface area contributed by atoms with Crippen LogP contribution in [0.1, 0.15) is 33.6 Å². The molecule has 6 heteroatoms. The van der Waals surface area contributed by atoms with E-state index >= 15 is 0 Å². The maximum atomic E-state index is 12.1. The molecule has 1 aromatic rings. The fourth-order valence-corrected chi connectivity index (χ4v) is 2.24. The number of ether oxygens (including phenoxy) is 2. The highest BCUT2D eigenvalue weighted by atomic mass is 35.5. The summed E-state index contributed by atoms with van der Waals surface area (Å²) in [5, 5.41) is 0. The van der Waals surface area contributed by atoms with Crippen LogP contribution < -0.4 is 15.2 Å². The van der Waals surface area contributed by atoms with E-state index in [4.69, 9.17) is 15.2 Å². The SMILES string of the molecule is CCOc1ccccc1OCCCC(=O)N(C)CC(C)(C)CN.Cl. The number of nitrogens with two attached hydrogens (primary N) is 1. The van der Waals surface area contributed by atoms with Crippen LogP contribution >= 0.6 is 12.4 Å². The number of hydrogen-bond donors (Lipinski definition) is 1. The van der Waals surface area contributed by atoms with Crippen molar-refractivity contribution in [1.29, 1.82) is 0 Å². The number of halogens is 1. The summed E-state index contributed by atoms with van der Waals surface area (Å²) in [6.45, 7) is 8.37. The van der Waals surface area contributed by atoms with Crippen LogP contribution in [-0.2, 0) is 4.79 Å². The van der Waals surface area contributed by atoms with Gasteiger partial charge in [0.15, 0.2) is 11.5 Å². The van der Waals surface area contributed by atoms with Gasteiger partial charge in [-0.1, -0.05) is 26.0 Å². The summed E-state index contributed by atoms with van der Waals surface area (Å²) in [5.74, 6) is 1.58. The van der Waals surface area contributed by atoms with Gasteiger partial charge in [0.1, 0.15) is 0 Å². The minimum Gasteiger partial charge on any atom is -0.490 e. The van der Waals surface area contributed by atoms with Crippen LogP contribution in [0.4, 0.5) is 0 Å². The maximum absolute atomic E-state index is 12.1. The minimum atomic E-state index is -0.0582. The Morgan fingerprint density at radius 2 is 1.79 bits per heavy atom. The standard InChI is InChI=1S/C18H30N2O3.ClH/c1-5-22-15-9-6-7-10-16(15)23-12-8-11-17(21)20(4)14-18(2,3)13-19;/h6-7,9-10H,5,8,11-14,19H2,1-4H3;1H. The Balaban J connectivity index is 0.00000529. The van der Waals surface area contributed by atoms with Gasteiger partial charge in [-0.3, -0.25) is 4.79 Å². The molecule has 0 bridgehead atoms. The highest BCUT2D eigenvalue weighted by Crippen LogP contribution is 2.26. The van der Waals surface area contributed by atoms with E-state index in [9.17, 15) is 4.79 Å². The highest BCUT2D eigenvalue weighted by Gasteiger charge is 2.20. The van der Waals surface area contributed by atoms with Crippen LogP contribution in [-0.4, -0.2) is 44.2 Å². The molecule has 0 heterocycles. The Morgan fingerprint density at radius 1 is 1.21 bits per heavy atom. The predicted molar refractivity (Wildman–Crippen MR) is 100 cm³/mol. The Hall–Kier alpha value is -1.46. The summed E-state index contributed by atoms with van der Waals surface area (Å²) in [6, 6.07) is 7.58. The van der Waals surface area contributed by atoms with Gasteiger partial charge in [0, 0.05) is 20.0 Å². The van der Waals surface area contributed by atoms with Crippen molar-refractivity contribution in [2.24, 2.45) is 11.1 Å². The van der Waals surface area contributed by atoms with E-state index in [-0.39, 0.29) is 23.7 Å². The highest BCUT2D eigenvalue weighted by molar-refractivity contribution is 5.85. The Morgan fingerprint density at radius 3 is 2.33 bits per heavy atom. The summed E-state index contributed by atoms with van der Waals surface area (Å²) in [7, 11) is 1.82. The molecule has 0 radical (unpaired) electrons. The predicted octanol–water partition coefficient (Wildman–Crippen LogP) is 3.11. The van der Waals surface area contributed by atoms with Crippen molar-refractivity contribution in [3.05, 3.63) is 24.3 Å². The molecule has 0 aliphatic heterocycles.